The van der Waals surface area contributed by atoms with Crippen LogP contribution in [-0.2, 0) is 16.0 Å². The Bertz CT molecular complexity index is 452. The van der Waals surface area contributed by atoms with Crippen molar-refractivity contribution in [3.63, 3.8) is 0 Å². The molecular formula is C12H13NO4S. The molecule has 1 unspecified atom stereocenters. The average molecular weight is 267 g/mol. The van der Waals surface area contributed by atoms with Crippen LogP contribution in [-0.4, -0.2) is 40.0 Å². The summed E-state index contributed by atoms with van der Waals surface area (Å²) in [6, 6.07) is 7.77. The number of hydrogen-bond acceptors (Lipinski definition) is 4. The molecule has 18 heavy (non-hydrogen) atoms. The number of aliphatic carboxylic acids is 1. The monoisotopic (exact) mass is 267 g/mol. The molecule has 1 aromatic rings. The Balaban J connectivity index is 1.88. The summed E-state index contributed by atoms with van der Waals surface area (Å²) in [6.45, 7) is -0.262. The van der Waals surface area contributed by atoms with E-state index in [1.807, 2.05) is 24.3 Å². The lowest BCUT2D eigenvalue weighted by molar-refractivity contribution is -0.146. The first-order chi connectivity index (χ1) is 8.58. The van der Waals surface area contributed by atoms with Gasteiger partial charge in [0.25, 0.3) is 0 Å². The molecule has 0 saturated carbocycles. The number of carboxylic acid groups (broad SMARTS) is 1. The topological polar surface area (TPSA) is 86.6 Å². The Kier molecular flexibility index (Phi) is 3.88. The number of carbonyl (C=O) groups is 2. The molecule has 6 heteroatoms. The summed E-state index contributed by atoms with van der Waals surface area (Å²) in [7, 11) is 0. The fraction of sp³-hybridized carbons (Fsp3) is 0.333. The van der Waals surface area contributed by atoms with Crippen LogP contribution < -0.4 is 5.32 Å². The van der Waals surface area contributed by atoms with Crippen molar-refractivity contribution in [2.24, 2.45) is 0 Å². The van der Waals surface area contributed by atoms with Crippen LogP contribution in [0.5, 0.6) is 0 Å². The first-order valence-electron chi connectivity index (χ1n) is 5.51. The number of benzene rings is 1. The third-order valence-corrected chi connectivity index (χ3v) is 4.01. The molecular weight excluding hydrogens is 254 g/mol. The third kappa shape index (κ3) is 2.83. The molecule has 0 fully saturated rings. The van der Waals surface area contributed by atoms with E-state index in [-0.39, 0.29) is 17.7 Å². The Morgan fingerprint density at radius 2 is 2.17 bits per heavy atom. The second kappa shape index (κ2) is 5.41. The molecule has 0 aliphatic carbocycles. The fourth-order valence-corrected chi connectivity index (χ4v) is 2.95. The molecule has 1 amide bonds. The predicted molar refractivity (Wildman–Crippen MR) is 66.4 cm³/mol. The minimum Gasteiger partial charge on any atom is -0.479 e. The number of hydrogen-bond donors (Lipinski definition) is 3. The first kappa shape index (κ1) is 12.9. The Morgan fingerprint density at radius 3 is 2.83 bits per heavy atom. The summed E-state index contributed by atoms with van der Waals surface area (Å²) in [5.41, 5.74) is 1.13. The molecule has 0 saturated heterocycles. The maximum absolute atomic E-state index is 11.8. The number of rotatable bonds is 4. The van der Waals surface area contributed by atoms with Crippen molar-refractivity contribution < 1.29 is 19.8 Å². The largest absolute Gasteiger partial charge is 0.479 e. The maximum Gasteiger partial charge on any atom is 0.334 e. The van der Waals surface area contributed by atoms with Gasteiger partial charge in [0.1, 0.15) is 0 Å². The van der Waals surface area contributed by atoms with Gasteiger partial charge in [-0.05, 0) is 18.1 Å². The first-order valence-corrected chi connectivity index (χ1v) is 6.39. The second-order valence-electron chi connectivity index (χ2n) is 4.02. The SMILES string of the molecule is O=C(NC[C@H](O)C(=O)O)C1Cc2ccccc2S1. The molecule has 0 spiro atoms. The summed E-state index contributed by atoms with van der Waals surface area (Å²) >= 11 is 1.46. The van der Waals surface area contributed by atoms with Crippen LogP contribution >= 0.6 is 11.8 Å². The fourth-order valence-electron chi connectivity index (χ4n) is 1.73. The number of thioether (sulfide) groups is 1. The number of carboxylic acids is 1. The van der Waals surface area contributed by atoms with Gasteiger partial charge in [0.2, 0.25) is 5.91 Å². The second-order valence-corrected chi connectivity index (χ2v) is 5.26. The minimum atomic E-state index is -1.55. The van der Waals surface area contributed by atoms with Gasteiger partial charge < -0.3 is 15.5 Å². The van der Waals surface area contributed by atoms with E-state index in [0.29, 0.717) is 6.42 Å². The molecule has 0 bridgehead atoms. The summed E-state index contributed by atoms with van der Waals surface area (Å²) < 4.78 is 0. The molecule has 0 aromatic heterocycles. The molecule has 1 aliphatic heterocycles. The predicted octanol–water partition coefficient (Wildman–Crippen LogP) is 0.265. The van der Waals surface area contributed by atoms with Crippen LogP contribution in [0.1, 0.15) is 5.56 Å². The van der Waals surface area contributed by atoms with Gasteiger partial charge >= 0.3 is 5.97 Å². The van der Waals surface area contributed by atoms with Crippen molar-refractivity contribution in [3.8, 4) is 0 Å². The smallest absolute Gasteiger partial charge is 0.334 e. The lowest BCUT2D eigenvalue weighted by Crippen LogP contribution is -2.40. The molecule has 5 nitrogen and oxygen atoms in total. The van der Waals surface area contributed by atoms with Gasteiger partial charge in [-0.25, -0.2) is 4.79 Å². The van der Waals surface area contributed by atoms with E-state index in [2.05, 4.69) is 5.32 Å². The van der Waals surface area contributed by atoms with Crippen LogP contribution in [0, 0.1) is 0 Å². The zero-order valence-electron chi connectivity index (χ0n) is 9.50. The zero-order valence-corrected chi connectivity index (χ0v) is 10.3. The van der Waals surface area contributed by atoms with Gasteiger partial charge in [-0.1, -0.05) is 18.2 Å². The van der Waals surface area contributed by atoms with Crippen LogP contribution in [0.4, 0.5) is 0 Å². The summed E-state index contributed by atoms with van der Waals surface area (Å²) in [5.74, 6) is -1.57. The molecule has 2 rings (SSSR count). The Hall–Kier alpha value is -1.53. The van der Waals surface area contributed by atoms with Crippen molar-refractivity contribution in [2.75, 3.05) is 6.54 Å². The summed E-state index contributed by atoms with van der Waals surface area (Å²) in [6.07, 6.45) is -0.918. The molecule has 1 aliphatic rings. The van der Waals surface area contributed by atoms with E-state index in [4.69, 9.17) is 10.2 Å². The quantitative estimate of drug-likeness (QED) is 0.728. The number of aliphatic hydroxyl groups is 1. The van der Waals surface area contributed by atoms with E-state index >= 15 is 0 Å². The van der Waals surface area contributed by atoms with E-state index in [1.54, 1.807) is 0 Å². The van der Waals surface area contributed by atoms with Crippen LogP contribution in [0.3, 0.4) is 0 Å². The highest BCUT2D eigenvalue weighted by atomic mass is 32.2. The summed E-state index contributed by atoms with van der Waals surface area (Å²) in [4.78, 5) is 23.3. The van der Waals surface area contributed by atoms with E-state index in [9.17, 15) is 9.59 Å². The number of fused-ring (bicyclic) bond motifs is 1. The van der Waals surface area contributed by atoms with Gasteiger partial charge in [0, 0.05) is 4.90 Å². The van der Waals surface area contributed by atoms with E-state index in [0.717, 1.165) is 10.5 Å². The van der Waals surface area contributed by atoms with Gasteiger partial charge in [-0.15, -0.1) is 11.8 Å². The molecule has 0 radical (unpaired) electrons. The lowest BCUT2D eigenvalue weighted by atomic mass is 10.1. The van der Waals surface area contributed by atoms with E-state index < -0.39 is 12.1 Å². The highest BCUT2D eigenvalue weighted by Gasteiger charge is 2.28. The van der Waals surface area contributed by atoms with Gasteiger partial charge in [0.05, 0.1) is 11.8 Å². The number of carbonyl (C=O) groups excluding carboxylic acids is 1. The summed E-state index contributed by atoms with van der Waals surface area (Å²) in [5, 5.41) is 19.8. The van der Waals surface area contributed by atoms with Crippen molar-refractivity contribution in [1.29, 1.82) is 0 Å². The highest BCUT2D eigenvalue weighted by Crippen LogP contribution is 2.36. The molecule has 1 heterocycles. The third-order valence-electron chi connectivity index (χ3n) is 2.69. The van der Waals surface area contributed by atoms with Crippen molar-refractivity contribution in [3.05, 3.63) is 29.8 Å². The number of amides is 1. The molecule has 1 aromatic carbocycles. The number of aliphatic hydroxyl groups excluding tert-OH is 1. The zero-order chi connectivity index (χ0) is 13.1. The van der Waals surface area contributed by atoms with Crippen LogP contribution in [0.15, 0.2) is 29.2 Å². The van der Waals surface area contributed by atoms with Crippen molar-refractivity contribution >= 4 is 23.6 Å². The van der Waals surface area contributed by atoms with Gasteiger partial charge in [-0.2, -0.15) is 0 Å². The Morgan fingerprint density at radius 1 is 1.44 bits per heavy atom. The van der Waals surface area contributed by atoms with Gasteiger partial charge in [0.15, 0.2) is 6.10 Å². The van der Waals surface area contributed by atoms with Crippen molar-refractivity contribution in [1.82, 2.24) is 5.32 Å². The normalized spacial score (nSPS) is 19.1. The number of nitrogens with one attached hydrogen (secondary N) is 1. The highest BCUT2D eigenvalue weighted by molar-refractivity contribution is 8.01. The maximum atomic E-state index is 11.8. The molecule has 96 valence electrons. The van der Waals surface area contributed by atoms with E-state index in [1.165, 1.54) is 11.8 Å². The van der Waals surface area contributed by atoms with Crippen LogP contribution in [0.2, 0.25) is 0 Å². The lowest BCUT2D eigenvalue weighted by Gasteiger charge is -2.11. The van der Waals surface area contributed by atoms with Crippen molar-refractivity contribution in [2.45, 2.75) is 22.7 Å². The van der Waals surface area contributed by atoms with Gasteiger partial charge in [-0.3, -0.25) is 4.79 Å². The van der Waals surface area contributed by atoms with Crippen LogP contribution in [0.25, 0.3) is 0 Å². The standard InChI is InChI=1S/C12H13NO4S/c14-8(12(16)17)6-13-11(15)10-5-7-3-1-2-4-9(7)18-10/h1-4,8,10,14H,5-6H2,(H,13,15)(H,16,17)/t8-,10?/m0/s1. The molecule has 3 N–H and O–H groups in total. The molecule has 2 atom stereocenters. The minimum absolute atomic E-state index is 0.239. The average Bonchev–Trinajstić information content (AvgIpc) is 2.79. The Labute approximate surface area is 108 Å².